The minimum absolute atomic E-state index is 0. The number of carbonyl (C=O) groups is 1. The molecule has 16 heavy (non-hydrogen) atoms. The lowest BCUT2D eigenvalue weighted by Crippen LogP contribution is -3.00. The molecule has 0 bridgehead atoms. The van der Waals surface area contributed by atoms with E-state index in [-0.39, 0.29) is 29.9 Å². The summed E-state index contributed by atoms with van der Waals surface area (Å²) in [4.78, 5) is 11.0. The molecule has 1 aromatic heterocycles. The Labute approximate surface area is 114 Å². The first kappa shape index (κ1) is 15.4. The van der Waals surface area contributed by atoms with E-state index in [0.717, 1.165) is 19.5 Å². The lowest BCUT2D eigenvalue weighted by atomic mass is 10.2. The maximum Gasteiger partial charge on any atom is 0.305 e. The number of aryl methyl sites for hydroxylation is 3. The van der Waals surface area contributed by atoms with Crippen LogP contribution in [0.2, 0.25) is 0 Å². The number of hydrogen-bond acceptors (Lipinski definition) is 2. The molecule has 0 N–H and O–H groups in total. The Balaban J connectivity index is 0.00000225. The first-order valence-electron chi connectivity index (χ1n) is 5.36. The van der Waals surface area contributed by atoms with Gasteiger partial charge in [0.25, 0.3) is 0 Å². The van der Waals surface area contributed by atoms with Gasteiger partial charge in [-0.15, -0.1) is 0 Å². The van der Waals surface area contributed by atoms with Crippen LogP contribution < -0.4 is 28.5 Å². The molecule has 0 unspecified atom stereocenters. The molecule has 0 aliphatic rings. The van der Waals surface area contributed by atoms with Crippen LogP contribution in [0.5, 0.6) is 0 Å². The number of halogens is 1. The van der Waals surface area contributed by atoms with E-state index in [1.807, 2.05) is 0 Å². The zero-order valence-electron chi connectivity index (χ0n) is 10.1. The second-order valence-corrected chi connectivity index (χ2v) is 3.43. The summed E-state index contributed by atoms with van der Waals surface area (Å²) in [6.07, 6.45) is 5.36. The van der Waals surface area contributed by atoms with E-state index in [4.69, 9.17) is 0 Å². The Morgan fingerprint density at radius 2 is 2.19 bits per heavy atom. The van der Waals surface area contributed by atoms with E-state index in [0.29, 0.717) is 6.42 Å². The van der Waals surface area contributed by atoms with Crippen molar-refractivity contribution in [2.75, 3.05) is 7.11 Å². The second-order valence-electron chi connectivity index (χ2n) is 3.43. The number of hydrogen-bond donors (Lipinski definition) is 0. The molecule has 0 aromatic carbocycles. The molecular weight excluding hydrogens is 319 g/mol. The number of aromatic nitrogens is 2. The van der Waals surface area contributed by atoms with E-state index in [1.165, 1.54) is 12.8 Å². The van der Waals surface area contributed by atoms with E-state index < -0.39 is 0 Å². The van der Waals surface area contributed by atoms with Gasteiger partial charge < -0.3 is 28.7 Å². The Hall–Kier alpha value is -0.590. The van der Waals surface area contributed by atoms with Crippen LogP contribution in [-0.4, -0.2) is 17.6 Å². The molecule has 0 radical (unpaired) electrons. The number of carbonyl (C=O) groups excluding carboxylic acids is 1. The third kappa shape index (κ3) is 4.11. The summed E-state index contributed by atoms with van der Waals surface area (Å²) in [6.45, 7) is 6.09. The quantitative estimate of drug-likeness (QED) is 0.351. The maximum absolute atomic E-state index is 11.0. The van der Waals surface area contributed by atoms with Crippen molar-refractivity contribution in [2.45, 2.75) is 39.8 Å². The van der Waals surface area contributed by atoms with Crippen LogP contribution in [0.15, 0.2) is 12.5 Å². The molecule has 1 aromatic rings. The highest BCUT2D eigenvalue weighted by atomic mass is 127. The highest BCUT2D eigenvalue weighted by molar-refractivity contribution is 5.69. The molecule has 92 valence electrons. The van der Waals surface area contributed by atoms with Gasteiger partial charge in [-0.2, -0.15) is 0 Å². The van der Waals surface area contributed by atoms with Crippen LogP contribution in [0.4, 0.5) is 0 Å². The summed E-state index contributed by atoms with van der Waals surface area (Å²) in [6, 6.07) is 0. The Morgan fingerprint density at radius 3 is 2.69 bits per heavy atom. The molecule has 0 fully saturated rings. The van der Waals surface area contributed by atoms with E-state index in [2.05, 4.69) is 40.2 Å². The molecule has 0 aliphatic carbocycles. The molecule has 0 saturated carbocycles. The number of esters is 1. The summed E-state index contributed by atoms with van der Waals surface area (Å²) >= 11 is 0. The van der Waals surface area contributed by atoms with E-state index in [9.17, 15) is 4.79 Å². The normalized spacial score (nSPS) is 9.69. The van der Waals surface area contributed by atoms with Gasteiger partial charge in [-0.05, 0) is 13.8 Å². The molecule has 1 heterocycles. The fourth-order valence-corrected chi connectivity index (χ4v) is 1.55. The van der Waals surface area contributed by atoms with Gasteiger partial charge in [0.1, 0.15) is 11.9 Å². The van der Waals surface area contributed by atoms with Crippen LogP contribution in [-0.2, 0) is 29.0 Å². The lowest BCUT2D eigenvalue weighted by Gasteiger charge is -1.97. The van der Waals surface area contributed by atoms with Gasteiger partial charge in [0.15, 0.2) is 0 Å². The Kier molecular flexibility index (Phi) is 7.36. The monoisotopic (exact) mass is 338 g/mol. The van der Waals surface area contributed by atoms with Crippen molar-refractivity contribution in [3.05, 3.63) is 18.2 Å². The van der Waals surface area contributed by atoms with Crippen LogP contribution in [0, 0.1) is 0 Å². The minimum atomic E-state index is -0.151. The highest BCUT2D eigenvalue weighted by Crippen LogP contribution is 2.00. The highest BCUT2D eigenvalue weighted by Gasteiger charge is 2.12. The van der Waals surface area contributed by atoms with Gasteiger partial charge in [0.2, 0.25) is 6.33 Å². The van der Waals surface area contributed by atoms with Gasteiger partial charge in [-0.3, -0.25) is 4.79 Å². The number of ether oxygens (including phenoxy) is 1. The molecule has 5 heteroatoms. The zero-order valence-corrected chi connectivity index (χ0v) is 12.2. The molecule has 0 amide bonds. The smallest absolute Gasteiger partial charge is 0.305 e. The molecule has 0 saturated heterocycles. The van der Waals surface area contributed by atoms with E-state index >= 15 is 0 Å². The van der Waals surface area contributed by atoms with Crippen LogP contribution >= 0.6 is 0 Å². The summed E-state index contributed by atoms with van der Waals surface area (Å²) < 4.78 is 8.90. The third-order valence-electron chi connectivity index (χ3n) is 2.49. The summed E-state index contributed by atoms with van der Waals surface area (Å²) in [5, 5.41) is 0. The predicted molar refractivity (Wildman–Crippen MR) is 56.3 cm³/mol. The molecule has 4 nitrogen and oxygen atoms in total. The largest absolute Gasteiger partial charge is 1.00 e. The van der Waals surface area contributed by atoms with Crippen LogP contribution in [0.3, 0.4) is 0 Å². The summed E-state index contributed by atoms with van der Waals surface area (Å²) in [5.74, 6) is -0.151. The number of nitrogens with zero attached hydrogens (tertiary/aromatic N) is 2. The summed E-state index contributed by atoms with van der Waals surface area (Å²) in [7, 11) is 1.42. The van der Waals surface area contributed by atoms with Gasteiger partial charge in [0, 0.05) is 6.42 Å². The van der Waals surface area contributed by atoms with Gasteiger partial charge in [0.05, 0.1) is 26.6 Å². The SMILES string of the molecule is CCn1cc(CCC(=O)OC)[n+](CC)c1.[I-]. The minimum Gasteiger partial charge on any atom is -1.00 e. The van der Waals surface area contributed by atoms with Gasteiger partial charge >= 0.3 is 5.97 Å². The lowest BCUT2D eigenvalue weighted by molar-refractivity contribution is -0.700. The molecule has 0 spiro atoms. The van der Waals surface area contributed by atoms with Crippen molar-refractivity contribution in [1.82, 2.24) is 4.57 Å². The van der Waals surface area contributed by atoms with Crippen LogP contribution in [0.1, 0.15) is 26.0 Å². The Morgan fingerprint density at radius 1 is 1.50 bits per heavy atom. The number of imidazole rings is 1. The van der Waals surface area contributed by atoms with Crippen molar-refractivity contribution >= 4 is 5.97 Å². The maximum atomic E-state index is 11.0. The molecule has 0 atom stereocenters. The average Bonchev–Trinajstić information content (AvgIpc) is 2.68. The average molecular weight is 338 g/mol. The van der Waals surface area contributed by atoms with Crippen molar-refractivity contribution in [2.24, 2.45) is 0 Å². The molecule has 0 aliphatic heterocycles. The topological polar surface area (TPSA) is 35.1 Å². The fraction of sp³-hybridized carbons (Fsp3) is 0.636. The summed E-state index contributed by atoms with van der Waals surface area (Å²) in [5.41, 5.74) is 1.18. The second kappa shape index (κ2) is 7.65. The molecule has 1 rings (SSSR count). The van der Waals surface area contributed by atoms with E-state index in [1.54, 1.807) is 0 Å². The Bertz CT molecular complexity index is 337. The number of rotatable bonds is 5. The fourth-order valence-electron chi connectivity index (χ4n) is 1.55. The van der Waals surface area contributed by atoms with Crippen LogP contribution in [0.25, 0.3) is 0 Å². The first-order chi connectivity index (χ1) is 7.21. The van der Waals surface area contributed by atoms with Crippen molar-refractivity contribution < 1.29 is 38.1 Å². The standard InChI is InChI=1S/C11H19N2O2.HI/c1-4-12-8-10(13(5-2)9-12)6-7-11(14)15-3;/h8-9H,4-7H2,1-3H3;1H/q+1;/p-1. The predicted octanol–water partition coefficient (Wildman–Crippen LogP) is -2.07. The van der Waals surface area contributed by atoms with Crippen molar-refractivity contribution in [1.29, 1.82) is 0 Å². The van der Waals surface area contributed by atoms with Gasteiger partial charge in [-0.25, -0.2) is 9.13 Å². The van der Waals surface area contributed by atoms with Gasteiger partial charge in [-0.1, -0.05) is 0 Å². The third-order valence-corrected chi connectivity index (χ3v) is 2.49. The first-order valence-corrected chi connectivity index (χ1v) is 5.36. The molecular formula is C11H19IN2O2. The van der Waals surface area contributed by atoms with Crippen molar-refractivity contribution in [3.63, 3.8) is 0 Å². The number of methoxy groups -OCH3 is 1. The van der Waals surface area contributed by atoms with Crippen molar-refractivity contribution in [3.8, 4) is 0 Å². The zero-order chi connectivity index (χ0) is 11.3.